The van der Waals surface area contributed by atoms with E-state index in [0.29, 0.717) is 0 Å². The van der Waals surface area contributed by atoms with Crippen LogP contribution >= 0.6 is 0 Å². The topological polar surface area (TPSA) is 0 Å². The molecule has 0 saturated heterocycles. The maximum Gasteiger partial charge on any atom is 0.0713 e. The van der Waals surface area contributed by atoms with Gasteiger partial charge >= 0.3 is 0 Å². The molecule has 0 saturated carbocycles. The smallest absolute Gasteiger partial charge is 0.0622 e. The third-order valence-electron chi connectivity index (χ3n) is 18.4. The summed E-state index contributed by atoms with van der Waals surface area (Å²) in [6, 6.07) is 124. The second-order valence-electron chi connectivity index (χ2n) is 22.2. The van der Waals surface area contributed by atoms with E-state index in [1.165, 1.54) is 134 Å². The van der Waals surface area contributed by atoms with Crippen molar-refractivity contribution < 1.29 is 0 Å². The van der Waals surface area contributed by atoms with E-state index in [4.69, 9.17) is 0 Å². The summed E-state index contributed by atoms with van der Waals surface area (Å²) in [4.78, 5) is 0. The van der Waals surface area contributed by atoms with Crippen LogP contribution in [0.25, 0.3) is 66.8 Å². The van der Waals surface area contributed by atoms with E-state index < -0.39 is 16.2 Å². The van der Waals surface area contributed by atoms with Crippen LogP contribution in [0.3, 0.4) is 0 Å². The van der Waals surface area contributed by atoms with Gasteiger partial charge in [-0.05, 0) is 134 Å². The summed E-state index contributed by atoms with van der Waals surface area (Å²) in [5, 5.41) is 0. The summed E-state index contributed by atoms with van der Waals surface area (Å²) in [5.74, 6) is 0. The van der Waals surface area contributed by atoms with Crippen LogP contribution in [0.5, 0.6) is 0 Å². The van der Waals surface area contributed by atoms with E-state index in [0.717, 1.165) is 0 Å². The van der Waals surface area contributed by atoms with Crippen LogP contribution in [0.1, 0.15) is 66.8 Å². The lowest BCUT2D eigenvalue weighted by atomic mass is 9.60. The third kappa shape index (κ3) is 6.78. The third-order valence-corrected chi connectivity index (χ3v) is 18.4. The molecule has 0 aliphatic heterocycles. The highest BCUT2D eigenvalue weighted by Gasteiger charge is 2.53. The predicted molar refractivity (Wildman–Crippen MR) is 335 cm³/mol. The molecular formula is C81H54. The van der Waals surface area contributed by atoms with Crippen molar-refractivity contribution in [1.29, 1.82) is 0 Å². The summed E-state index contributed by atoms with van der Waals surface area (Å²) >= 11 is 0. The summed E-state index contributed by atoms with van der Waals surface area (Å²) < 4.78 is 0. The van der Waals surface area contributed by atoms with Gasteiger partial charge in [0.05, 0.1) is 16.2 Å². The van der Waals surface area contributed by atoms with Gasteiger partial charge in [0.2, 0.25) is 0 Å². The van der Waals surface area contributed by atoms with Crippen LogP contribution in [0.4, 0.5) is 0 Å². The van der Waals surface area contributed by atoms with Gasteiger partial charge in [0.15, 0.2) is 0 Å². The van der Waals surface area contributed by atoms with E-state index >= 15 is 0 Å². The Hall–Kier alpha value is -10.1. The van der Waals surface area contributed by atoms with Crippen molar-refractivity contribution in [2.24, 2.45) is 0 Å². The van der Waals surface area contributed by atoms with Crippen LogP contribution < -0.4 is 0 Å². The molecule has 3 aliphatic carbocycles. The predicted octanol–water partition coefficient (Wildman–Crippen LogP) is 19.8. The van der Waals surface area contributed by atoms with Crippen LogP contribution in [0.15, 0.2) is 328 Å². The molecule has 0 aromatic heterocycles. The van der Waals surface area contributed by atoms with Crippen molar-refractivity contribution in [3.63, 3.8) is 0 Å². The van der Waals surface area contributed by atoms with Gasteiger partial charge in [-0.3, -0.25) is 0 Å². The van der Waals surface area contributed by atoms with E-state index in [1.807, 2.05) is 0 Å². The zero-order chi connectivity index (χ0) is 53.5. The summed E-state index contributed by atoms with van der Waals surface area (Å²) in [6.07, 6.45) is 0. The van der Waals surface area contributed by atoms with Crippen LogP contribution in [0.2, 0.25) is 0 Å². The highest BCUT2D eigenvalue weighted by Crippen LogP contribution is 2.63. The maximum atomic E-state index is 2.64. The number of hydrogen-bond acceptors (Lipinski definition) is 0. The Balaban J connectivity index is 1.08. The SMILES string of the molecule is c1ccc(-c2ccc(C3(c4cc(C5(c6ccc(-c7ccccc7)cc6)c6ccccc6-c6ccccc65)cc(C5(c6ccc(-c7ccccc7)cc6)c6ccccc6-c6ccccc65)c4)c4ccccc4-c4ccccc43)cc2)cc1. The monoisotopic (exact) mass is 1030 g/mol. The fraction of sp³-hybridized carbons (Fsp3) is 0.0370. The Morgan fingerprint density at radius 1 is 0.136 bits per heavy atom. The first-order chi connectivity index (χ1) is 40.2. The molecule has 16 rings (SSSR count). The van der Waals surface area contributed by atoms with Crippen molar-refractivity contribution in [1.82, 2.24) is 0 Å². The summed E-state index contributed by atoms with van der Waals surface area (Å²) in [5.41, 5.74) is 27.5. The van der Waals surface area contributed by atoms with Gasteiger partial charge in [0.1, 0.15) is 0 Å². The second-order valence-corrected chi connectivity index (χ2v) is 22.2. The number of benzene rings is 13. The van der Waals surface area contributed by atoms with Gasteiger partial charge in [-0.1, -0.05) is 328 Å². The highest BCUT2D eigenvalue weighted by atomic mass is 14.5. The number of rotatable bonds is 9. The van der Waals surface area contributed by atoms with Crippen molar-refractivity contribution in [3.8, 4) is 66.8 Å². The number of fused-ring (bicyclic) bond motifs is 9. The molecule has 13 aromatic rings. The van der Waals surface area contributed by atoms with Crippen LogP contribution in [0, 0.1) is 0 Å². The summed E-state index contributed by atoms with van der Waals surface area (Å²) in [7, 11) is 0. The fourth-order valence-electron chi connectivity index (χ4n) is 15.0. The normalized spacial score (nSPS) is 14.2. The van der Waals surface area contributed by atoms with Gasteiger partial charge in [-0.2, -0.15) is 0 Å². The van der Waals surface area contributed by atoms with E-state index in [9.17, 15) is 0 Å². The van der Waals surface area contributed by atoms with Gasteiger partial charge in [0, 0.05) is 0 Å². The molecule has 13 aromatic carbocycles. The summed E-state index contributed by atoms with van der Waals surface area (Å²) in [6.45, 7) is 0. The Kier molecular flexibility index (Phi) is 10.7. The van der Waals surface area contributed by atoms with Crippen molar-refractivity contribution in [3.05, 3.63) is 394 Å². The average molecular weight is 1030 g/mol. The standard InChI is InChI=1S/C81H54/c1-4-22-55(23-5-1)58-40-46-61(47-41-58)79(73-34-16-10-28-67(73)68-29-11-17-35-74(68)79)64-52-65(80(62-48-42-59(43-49-62)56-24-6-2-7-25-56)75-36-18-12-30-69(75)70-31-13-19-37-76(70)80)54-66(53-64)81(63-50-44-60(45-51-63)57-26-8-3-9-27-57)77-38-20-14-32-71(77)72-33-15-21-39-78(72)81/h1-54H. The molecule has 0 heteroatoms. The highest BCUT2D eigenvalue weighted by molar-refractivity contribution is 5.91. The maximum absolute atomic E-state index is 2.64. The minimum Gasteiger partial charge on any atom is -0.0622 e. The molecular weight excluding hydrogens is 973 g/mol. The Bertz CT molecular complexity index is 3910. The van der Waals surface area contributed by atoms with Crippen molar-refractivity contribution in [2.75, 3.05) is 0 Å². The fourth-order valence-corrected chi connectivity index (χ4v) is 15.0. The molecule has 3 aliphatic rings. The Morgan fingerprint density at radius 2 is 0.309 bits per heavy atom. The largest absolute Gasteiger partial charge is 0.0713 e. The van der Waals surface area contributed by atoms with Gasteiger partial charge in [0.25, 0.3) is 0 Å². The van der Waals surface area contributed by atoms with Crippen molar-refractivity contribution >= 4 is 0 Å². The molecule has 0 spiro atoms. The molecule has 0 atom stereocenters. The van der Waals surface area contributed by atoms with Gasteiger partial charge in [-0.15, -0.1) is 0 Å². The molecule has 0 heterocycles. The van der Waals surface area contributed by atoms with Crippen molar-refractivity contribution in [2.45, 2.75) is 16.2 Å². The zero-order valence-electron chi connectivity index (χ0n) is 44.7. The second kappa shape index (κ2) is 18.5. The molecule has 0 radical (unpaired) electrons. The lowest BCUT2D eigenvalue weighted by Gasteiger charge is -2.41. The molecule has 378 valence electrons. The Labute approximate surface area is 474 Å². The lowest BCUT2D eigenvalue weighted by Crippen LogP contribution is -2.35. The van der Waals surface area contributed by atoms with E-state index in [-0.39, 0.29) is 0 Å². The first-order valence-corrected chi connectivity index (χ1v) is 28.4. The van der Waals surface area contributed by atoms with E-state index in [2.05, 4.69) is 328 Å². The molecule has 81 heavy (non-hydrogen) atoms. The van der Waals surface area contributed by atoms with E-state index in [1.54, 1.807) is 0 Å². The van der Waals surface area contributed by atoms with Gasteiger partial charge in [-0.25, -0.2) is 0 Å². The lowest BCUT2D eigenvalue weighted by molar-refractivity contribution is 0.713. The minimum absolute atomic E-state index is 0.751. The zero-order valence-corrected chi connectivity index (χ0v) is 44.7. The minimum atomic E-state index is -0.751. The molecule has 0 N–H and O–H groups in total. The van der Waals surface area contributed by atoms with Gasteiger partial charge < -0.3 is 0 Å². The molecule has 0 unspecified atom stereocenters. The first kappa shape index (κ1) is 46.9. The first-order valence-electron chi connectivity index (χ1n) is 28.4. The molecule has 0 nitrogen and oxygen atoms in total. The molecule has 0 amide bonds. The van der Waals surface area contributed by atoms with Crippen LogP contribution in [-0.4, -0.2) is 0 Å². The molecule has 0 fully saturated rings. The average Bonchev–Trinajstić information content (AvgIpc) is 3.15. The molecule has 0 bridgehead atoms. The number of hydrogen-bond donors (Lipinski definition) is 0. The van der Waals surface area contributed by atoms with Crippen LogP contribution in [-0.2, 0) is 16.2 Å². The Morgan fingerprint density at radius 3 is 0.519 bits per heavy atom. The quantitative estimate of drug-likeness (QED) is 0.135.